The third-order valence-corrected chi connectivity index (χ3v) is 6.99. The summed E-state index contributed by atoms with van der Waals surface area (Å²) < 4.78 is 0. The lowest BCUT2D eigenvalue weighted by Gasteiger charge is -2.34. The molecule has 2 aromatic heterocycles. The molecule has 0 spiro atoms. The fourth-order valence-electron chi connectivity index (χ4n) is 4.78. The summed E-state index contributed by atoms with van der Waals surface area (Å²) in [5.41, 5.74) is 7.10. The van der Waals surface area contributed by atoms with Crippen molar-refractivity contribution >= 4 is 22.8 Å². The van der Waals surface area contributed by atoms with Crippen LogP contribution >= 0.6 is 0 Å². The lowest BCUT2D eigenvalue weighted by Crippen LogP contribution is -2.46. The van der Waals surface area contributed by atoms with Gasteiger partial charge in [-0.25, -0.2) is 15.4 Å². The summed E-state index contributed by atoms with van der Waals surface area (Å²) in [5.74, 6) is 0.482. The number of hydroxylamine groups is 1. The molecule has 4 N–H and O–H groups in total. The Bertz CT molecular complexity index is 1320. The van der Waals surface area contributed by atoms with E-state index in [9.17, 15) is 4.79 Å². The minimum Gasteiger partial charge on any atom is -0.363 e. The van der Waals surface area contributed by atoms with Crippen LogP contribution in [0.2, 0.25) is 0 Å². The maximum Gasteiger partial charge on any atom is 0.244 e. The second kappa shape index (κ2) is 11.5. The minimum absolute atomic E-state index is 0.124. The van der Waals surface area contributed by atoms with Gasteiger partial charge in [-0.15, -0.1) is 0 Å². The first-order valence-corrected chi connectivity index (χ1v) is 12.7. The fourth-order valence-corrected chi connectivity index (χ4v) is 4.78. The fraction of sp³-hybridized carbons (Fsp3) is 0.321. The first kappa shape index (κ1) is 24.9. The highest BCUT2D eigenvalue weighted by atomic mass is 16.5. The number of nitrogens with zero attached hydrogens (tertiary/aromatic N) is 4. The molecule has 0 saturated carbocycles. The molecule has 0 radical (unpaired) electrons. The summed E-state index contributed by atoms with van der Waals surface area (Å²) in [7, 11) is 0. The molecule has 0 bridgehead atoms. The Kier molecular flexibility index (Phi) is 7.74. The Hall–Kier alpha value is -3.79. The van der Waals surface area contributed by atoms with Gasteiger partial charge in [0.05, 0.1) is 5.39 Å². The van der Waals surface area contributed by atoms with Crippen molar-refractivity contribution in [1.29, 1.82) is 0 Å². The van der Waals surface area contributed by atoms with E-state index in [1.54, 1.807) is 11.8 Å². The Labute approximate surface area is 216 Å². The molecular formula is C28H33N7O2. The second-order valence-electron chi connectivity index (χ2n) is 9.54. The predicted molar refractivity (Wildman–Crippen MR) is 144 cm³/mol. The third kappa shape index (κ3) is 6.14. The zero-order valence-electron chi connectivity index (χ0n) is 21.0. The minimum atomic E-state index is -0.334. The number of hydrogen-bond donors (Lipinski definition) is 4. The van der Waals surface area contributed by atoms with Gasteiger partial charge >= 0.3 is 0 Å². The van der Waals surface area contributed by atoms with Gasteiger partial charge in [0, 0.05) is 57.4 Å². The number of anilines is 1. The van der Waals surface area contributed by atoms with Crippen molar-refractivity contribution in [2.45, 2.75) is 25.9 Å². The summed E-state index contributed by atoms with van der Waals surface area (Å²) in [6, 6.07) is 21.2. The number of aromatic nitrogens is 3. The maximum atomic E-state index is 11.2. The van der Waals surface area contributed by atoms with Gasteiger partial charge < -0.3 is 15.2 Å². The van der Waals surface area contributed by atoms with E-state index in [1.807, 2.05) is 18.2 Å². The number of amides is 1. The number of fused-ring (bicyclic) bond motifs is 1. The molecule has 5 rings (SSSR count). The molecule has 2 aromatic carbocycles. The van der Waals surface area contributed by atoms with E-state index in [4.69, 9.17) is 5.21 Å². The Morgan fingerprint density at radius 3 is 2.49 bits per heavy atom. The van der Waals surface area contributed by atoms with Crippen LogP contribution in [0.3, 0.4) is 0 Å². The molecule has 3 heterocycles. The molecule has 192 valence electrons. The van der Waals surface area contributed by atoms with E-state index in [0.717, 1.165) is 60.8 Å². The van der Waals surface area contributed by atoms with E-state index in [0.29, 0.717) is 13.0 Å². The number of piperazine rings is 1. The molecule has 1 fully saturated rings. The van der Waals surface area contributed by atoms with Crippen molar-refractivity contribution in [1.82, 2.24) is 30.2 Å². The number of hydrogen-bond acceptors (Lipinski definition) is 7. The van der Waals surface area contributed by atoms with E-state index < -0.39 is 0 Å². The average Bonchev–Trinajstić information content (AvgIpc) is 3.39. The summed E-state index contributed by atoms with van der Waals surface area (Å²) in [5, 5.41) is 13.1. The first-order valence-electron chi connectivity index (χ1n) is 12.7. The SMILES string of the molecule is C[C@@H](Nc1ncnc2[nH]c(-c3ccc(CN4CCN(CCC(=O)NO)CC4)cc3)cc12)c1ccccc1. The Balaban J connectivity index is 1.21. The van der Waals surface area contributed by atoms with E-state index >= 15 is 0 Å². The van der Waals surface area contributed by atoms with Gasteiger partial charge in [-0.2, -0.15) is 0 Å². The topological polar surface area (TPSA) is 109 Å². The lowest BCUT2D eigenvalue weighted by atomic mass is 10.1. The highest BCUT2D eigenvalue weighted by Gasteiger charge is 2.18. The summed E-state index contributed by atoms with van der Waals surface area (Å²) >= 11 is 0. The molecule has 9 heteroatoms. The lowest BCUT2D eigenvalue weighted by molar-refractivity contribution is -0.129. The quantitative estimate of drug-likeness (QED) is 0.205. The standard InChI is InChI=1S/C28H33N7O2/c1-20(22-5-3-2-4-6-22)31-27-24-17-25(32-28(24)30-19-29-27)23-9-7-21(8-10-23)18-35-15-13-34(14-16-35)12-11-26(36)33-37/h2-10,17,19-20,37H,11-16,18H2,1H3,(H,33,36)(H2,29,30,31,32)/t20-/m1/s1. The van der Waals surface area contributed by atoms with Crippen LogP contribution in [-0.2, 0) is 11.3 Å². The Morgan fingerprint density at radius 2 is 1.76 bits per heavy atom. The molecule has 1 atom stereocenters. The third-order valence-electron chi connectivity index (χ3n) is 6.99. The number of H-pyrrole nitrogens is 1. The van der Waals surface area contributed by atoms with Gasteiger partial charge in [0.2, 0.25) is 5.91 Å². The molecule has 9 nitrogen and oxygen atoms in total. The van der Waals surface area contributed by atoms with Gasteiger partial charge in [-0.1, -0.05) is 54.6 Å². The number of aromatic amines is 1. The van der Waals surface area contributed by atoms with Crippen LogP contribution in [-0.4, -0.2) is 68.6 Å². The van der Waals surface area contributed by atoms with Crippen molar-refractivity contribution in [3.8, 4) is 11.3 Å². The first-order chi connectivity index (χ1) is 18.1. The van der Waals surface area contributed by atoms with E-state index in [-0.39, 0.29) is 11.9 Å². The number of carbonyl (C=O) groups is 1. The Morgan fingerprint density at radius 1 is 1.03 bits per heavy atom. The highest BCUT2D eigenvalue weighted by molar-refractivity contribution is 5.91. The highest BCUT2D eigenvalue weighted by Crippen LogP contribution is 2.29. The average molecular weight is 500 g/mol. The number of carbonyl (C=O) groups excluding carboxylic acids is 1. The van der Waals surface area contributed by atoms with Gasteiger partial charge in [0.15, 0.2) is 0 Å². The monoisotopic (exact) mass is 499 g/mol. The van der Waals surface area contributed by atoms with Crippen molar-refractivity contribution in [3.05, 3.63) is 78.1 Å². The molecule has 1 aliphatic heterocycles. The van der Waals surface area contributed by atoms with Gasteiger partial charge in [-0.05, 0) is 29.7 Å². The van der Waals surface area contributed by atoms with Crippen molar-refractivity contribution in [2.75, 3.05) is 38.0 Å². The molecule has 37 heavy (non-hydrogen) atoms. The van der Waals surface area contributed by atoms with Crippen molar-refractivity contribution < 1.29 is 10.0 Å². The van der Waals surface area contributed by atoms with Crippen LogP contribution in [0.25, 0.3) is 22.3 Å². The van der Waals surface area contributed by atoms with Crippen LogP contribution < -0.4 is 10.8 Å². The van der Waals surface area contributed by atoms with Crippen LogP contribution in [0.5, 0.6) is 0 Å². The van der Waals surface area contributed by atoms with E-state index in [2.05, 4.69) is 79.5 Å². The molecule has 0 aliphatic carbocycles. The smallest absolute Gasteiger partial charge is 0.244 e. The van der Waals surface area contributed by atoms with Crippen LogP contribution in [0.4, 0.5) is 5.82 Å². The zero-order valence-corrected chi connectivity index (χ0v) is 21.0. The molecule has 4 aromatic rings. The number of nitrogens with one attached hydrogen (secondary N) is 3. The van der Waals surface area contributed by atoms with Crippen LogP contribution in [0.15, 0.2) is 67.0 Å². The number of benzene rings is 2. The zero-order chi connectivity index (χ0) is 25.6. The van der Waals surface area contributed by atoms with Crippen molar-refractivity contribution in [2.24, 2.45) is 0 Å². The largest absolute Gasteiger partial charge is 0.363 e. The predicted octanol–water partition coefficient (Wildman–Crippen LogP) is 3.81. The summed E-state index contributed by atoms with van der Waals surface area (Å²) in [6.07, 6.45) is 1.91. The van der Waals surface area contributed by atoms with Gasteiger partial charge in [0.25, 0.3) is 0 Å². The van der Waals surface area contributed by atoms with Gasteiger partial charge in [-0.3, -0.25) is 14.9 Å². The number of rotatable bonds is 9. The molecular weight excluding hydrogens is 466 g/mol. The van der Waals surface area contributed by atoms with Crippen LogP contribution in [0, 0.1) is 0 Å². The van der Waals surface area contributed by atoms with Gasteiger partial charge in [0.1, 0.15) is 17.8 Å². The molecule has 1 amide bonds. The van der Waals surface area contributed by atoms with Crippen molar-refractivity contribution in [3.63, 3.8) is 0 Å². The van der Waals surface area contributed by atoms with Crippen LogP contribution in [0.1, 0.15) is 30.5 Å². The second-order valence-corrected chi connectivity index (χ2v) is 9.54. The molecule has 1 aliphatic rings. The maximum absolute atomic E-state index is 11.2. The molecule has 1 saturated heterocycles. The van der Waals surface area contributed by atoms with E-state index in [1.165, 1.54) is 11.1 Å². The molecule has 0 unspecified atom stereocenters. The summed E-state index contributed by atoms with van der Waals surface area (Å²) in [6.45, 7) is 7.46. The normalized spacial score (nSPS) is 15.5. The summed E-state index contributed by atoms with van der Waals surface area (Å²) in [4.78, 5) is 28.3.